The molecule has 1 aromatic rings. The molecule has 0 spiro atoms. The Labute approximate surface area is 91.9 Å². The molecule has 0 unspecified atom stereocenters. The van der Waals surface area contributed by atoms with Gasteiger partial charge in [-0.15, -0.1) is 0 Å². The van der Waals surface area contributed by atoms with Crippen LogP contribution in [0.3, 0.4) is 0 Å². The summed E-state index contributed by atoms with van der Waals surface area (Å²) in [6.07, 6.45) is 2.54. The zero-order chi connectivity index (χ0) is 10.7. The van der Waals surface area contributed by atoms with Crippen LogP contribution < -0.4 is 4.74 Å². The lowest BCUT2D eigenvalue weighted by Gasteiger charge is -2.29. The molecule has 1 fully saturated rings. The first-order chi connectivity index (χ1) is 7.29. The lowest BCUT2D eigenvalue weighted by atomic mass is 9.89. The SMILES string of the molecule is COc1cccc(C2CCN(C)CC2)c1. The Morgan fingerprint density at radius 1 is 1.27 bits per heavy atom. The molecule has 0 amide bonds. The Morgan fingerprint density at radius 2 is 2.00 bits per heavy atom. The summed E-state index contributed by atoms with van der Waals surface area (Å²) in [5.74, 6) is 1.70. The maximum Gasteiger partial charge on any atom is 0.119 e. The molecule has 0 radical (unpaired) electrons. The zero-order valence-electron chi connectivity index (χ0n) is 9.57. The number of rotatable bonds is 2. The predicted octanol–water partition coefficient (Wildman–Crippen LogP) is 2.50. The van der Waals surface area contributed by atoms with Crippen molar-refractivity contribution in [3.63, 3.8) is 0 Å². The molecular weight excluding hydrogens is 186 g/mol. The van der Waals surface area contributed by atoms with E-state index in [1.165, 1.54) is 31.5 Å². The van der Waals surface area contributed by atoms with Gasteiger partial charge in [-0.1, -0.05) is 12.1 Å². The van der Waals surface area contributed by atoms with Crippen molar-refractivity contribution in [1.29, 1.82) is 0 Å². The number of methoxy groups -OCH3 is 1. The van der Waals surface area contributed by atoms with Gasteiger partial charge < -0.3 is 9.64 Å². The maximum absolute atomic E-state index is 5.26. The molecule has 0 N–H and O–H groups in total. The molecule has 1 aliphatic rings. The third kappa shape index (κ3) is 2.51. The third-order valence-electron chi connectivity index (χ3n) is 3.28. The third-order valence-corrected chi connectivity index (χ3v) is 3.28. The lowest BCUT2D eigenvalue weighted by molar-refractivity contribution is 0.255. The van der Waals surface area contributed by atoms with E-state index in [0.29, 0.717) is 0 Å². The van der Waals surface area contributed by atoms with Crippen molar-refractivity contribution in [1.82, 2.24) is 4.90 Å². The van der Waals surface area contributed by atoms with Crippen molar-refractivity contribution in [2.45, 2.75) is 18.8 Å². The molecule has 0 bridgehead atoms. The van der Waals surface area contributed by atoms with E-state index in [-0.39, 0.29) is 0 Å². The molecule has 82 valence electrons. The number of likely N-dealkylation sites (tertiary alicyclic amines) is 1. The topological polar surface area (TPSA) is 12.5 Å². The molecule has 0 saturated carbocycles. The van der Waals surface area contributed by atoms with E-state index in [1.54, 1.807) is 7.11 Å². The second-order valence-electron chi connectivity index (χ2n) is 4.35. The summed E-state index contributed by atoms with van der Waals surface area (Å²) in [6, 6.07) is 8.50. The first kappa shape index (κ1) is 10.5. The van der Waals surface area contributed by atoms with Crippen LogP contribution in [-0.4, -0.2) is 32.1 Å². The summed E-state index contributed by atoms with van der Waals surface area (Å²) in [5.41, 5.74) is 1.43. The number of nitrogens with zero attached hydrogens (tertiary/aromatic N) is 1. The Hall–Kier alpha value is -1.02. The fourth-order valence-electron chi connectivity index (χ4n) is 2.24. The van der Waals surface area contributed by atoms with Crippen LogP contribution in [0.4, 0.5) is 0 Å². The van der Waals surface area contributed by atoms with Gasteiger partial charge in [-0.2, -0.15) is 0 Å². The van der Waals surface area contributed by atoms with Gasteiger partial charge in [0.25, 0.3) is 0 Å². The number of piperidine rings is 1. The lowest BCUT2D eigenvalue weighted by Crippen LogP contribution is -2.29. The van der Waals surface area contributed by atoms with Crippen molar-refractivity contribution < 1.29 is 4.74 Å². The van der Waals surface area contributed by atoms with Gasteiger partial charge >= 0.3 is 0 Å². The molecule has 2 nitrogen and oxygen atoms in total. The van der Waals surface area contributed by atoms with E-state index < -0.39 is 0 Å². The van der Waals surface area contributed by atoms with E-state index >= 15 is 0 Å². The minimum absolute atomic E-state index is 0.719. The van der Waals surface area contributed by atoms with Gasteiger partial charge in [-0.25, -0.2) is 0 Å². The largest absolute Gasteiger partial charge is 0.497 e. The first-order valence-corrected chi connectivity index (χ1v) is 5.62. The molecule has 15 heavy (non-hydrogen) atoms. The van der Waals surface area contributed by atoms with Gasteiger partial charge in [0.05, 0.1) is 7.11 Å². The number of hydrogen-bond donors (Lipinski definition) is 0. The summed E-state index contributed by atoms with van der Waals surface area (Å²) in [4.78, 5) is 2.40. The molecule has 2 heteroatoms. The highest BCUT2D eigenvalue weighted by Crippen LogP contribution is 2.29. The highest BCUT2D eigenvalue weighted by molar-refractivity contribution is 5.31. The molecule has 1 heterocycles. The van der Waals surface area contributed by atoms with Crippen molar-refractivity contribution in [2.75, 3.05) is 27.2 Å². The van der Waals surface area contributed by atoms with Crippen LogP contribution in [0.15, 0.2) is 24.3 Å². The Kier molecular flexibility index (Phi) is 3.27. The second-order valence-corrected chi connectivity index (χ2v) is 4.35. The van der Waals surface area contributed by atoms with Crippen molar-refractivity contribution >= 4 is 0 Å². The van der Waals surface area contributed by atoms with Crippen molar-refractivity contribution in [3.05, 3.63) is 29.8 Å². The zero-order valence-corrected chi connectivity index (χ0v) is 9.57. The van der Waals surface area contributed by atoms with Crippen LogP contribution in [0.25, 0.3) is 0 Å². The summed E-state index contributed by atoms with van der Waals surface area (Å²) >= 11 is 0. The minimum atomic E-state index is 0.719. The van der Waals surface area contributed by atoms with Crippen LogP contribution in [0.5, 0.6) is 5.75 Å². The average Bonchev–Trinajstić information content (AvgIpc) is 2.30. The van der Waals surface area contributed by atoms with E-state index in [4.69, 9.17) is 4.74 Å². The van der Waals surface area contributed by atoms with Gasteiger partial charge in [-0.05, 0) is 56.6 Å². The number of ether oxygens (including phenoxy) is 1. The van der Waals surface area contributed by atoms with Crippen molar-refractivity contribution in [2.24, 2.45) is 0 Å². The summed E-state index contributed by atoms with van der Waals surface area (Å²) < 4.78 is 5.26. The summed E-state index contributed by atoms with van der Waals surface area (Å²) in [7, 11) is 3.93. The summed E-state index contributed by atoms with van der Waals surface area (Å²) in [6.45, 7) is 2.42. The molecule has 0 aromatic heterocycles. The fourth-order valence-corrected chi connectivity index (χ4v) is 2.24. The second kappa shape index (κ2) is 4.67. The standard InChI is InChI=1S/C13H19NO/c1-14-8-6-11(7-9-14)12-4-3-5-13(10-12)15-2/h3-5,10-11H,6-9H2,1-2H3. The molecular formula is C13H19NO. The van der Waals surface area contributed by atoms with Gasteiger partial charge in [0, 0.05) is 0 Å². The maximum atomic E-state index is 5.26. The van der Waals surface area contributed by atoms with Crippen molar-refractivity contribution in [3.8, 4) is 5.75 Å². The molecule has 0 atom stereocenters. The highest BCUT2D eigenvalue weighted by atomic mass is 16.5. The first-order valence-electron chi connectivity index (χ1n) is 5.62. The number of hydrogen-bond acceptors (Lipinski definition) is 2. The van der Waals surface area contributed by atoms with E-state index in [0.717, 1.165) is 11.7 Å². The van der Waals surface area contributed by atoms with Gasteiger partial charge in [0.2, 0.25) is 0 Å². The van der Waals surface area contributed by atoms with Crippen LogP contribution in [-0.2, 0) is 0 Å². The average molecular weight is 205 g/mol. The fraction of sp³-hybridized carbons (Fsp3) is 0.538. The monoisotopic (exact) mass is 205 g/mol. The minimum Gasteiger partial charge on any atom is -0.497 e. The van der Waals surface area contributed by atoms with Crippen LogP contribution >= 0.6 is 0 Å². The Bertz CT molecular complexity index is 316. The van der Waals surface area contributed by atoms with Gasteiger partial charge in [0.15, 0.2) is 0 Å². The Morgan fingerprint density at radius 3 is 2.67 bits per heavy atom. The quantitative estimate of drug-likeness (QED) is 0.735. The van der Waals surface area contributed by atoms with Crippen LogP contribution in [0.1, 0.15) is 24.3 Å². The number of benzene rings is 1. The summed E-state index contributed by atoms with van der Waals surface area (Å²) in [5, 5.41) is 0. The molecule has 1 saturated heterocycles. The normalized spacial score (nSPS) is 19.1. The molecule has 0 aliphatic carbocycles. The smallest absolute Gasteiger partial charge is 0.119 e. The highest BCUT2D eigenvalue weighted by Gasteiger charge is 2.18. The Balaban J connectivity index is 2.08. The predicted molar refractivity (Wildman–Crippen MR) is 62.5 cm³/mol. The van der Waals surface area contributed by atoms with E-state index in [2.05, 4.69) is 30.1 Å². The van der Waals surface area contributed by atoms with Gasteiger partial charge in [-0.3, -0.25) is 0 Å². The van der Waals surface area contributed by atoms with Crippen LogP contribution in [0.2, 0.25) is 0 Å². The van der Waals surface area contributed by atoms with Crippen LogP contribution in [0, 0.1) is 0 Å². The molecule has 1 aliphatic heterocycles. The van der Waals surface area contributed by atoms with Gasteiger partial charge in [0.1, 0.15) is 5.75 Å². The van der Waals surface area contributed by atoms with E-state index in [1.807, 2.05) is 6.07 Å². The molecule has 2 rings (SSSR count). The molecule has 1 aromatic carbocycles. The van der Waals surface area contributed by atoms with E-state index in [9.17, 15) is 0 Å².